The fourth-order valence-corrected chi connectivity index (χ4v) is 1.17. The van der Waals surface area contributed by atoms with E-state index in [1.54, 1.807) is 6.92 Å². The summed E-state index contributed by atoms with van der Waals surface area (Å²) in [6.07, 6.45) is 0.300. The molecule has 13 heavy (non-hydrogen) atoms. The molecule has 1 rings (SSSR count). The molecule has 0 aliphatic rings. The topological polar surface area (TPSA) is 80.6 Å². The Morgan fingerprint density at radius 2 is 2.15 bits per heavy atom. The van der Waals surface area contributed by atoms with Gasteiger partial charge in [0.05, 0.1) is 5.56 Å². The number of benzene rings is 1. The smallest absolute Gasteiger partial charge is 0.335 e. The minimum atomic E-state index is -1.14. The van der Waals surface area contributed by atoms with Crippen LogP contribution in [0.3, 0.4) is 0 Å². The van der Waals surface area contributed by atoms with Crippen LogP contribution in [0.15, 0.2) is 12.1 Å². The molecule has 0 fully saturated rings. The first-order valence-electron chi connectivity index (χ1n) is 3.83. The van der Waals surface area contributed by atoms with Crippen molar-refractivity contribution in [1.29, 1.82) is 0 Å². The minimum Gasteiger partial charge on any atom is -0.870 e. The third kappa shape index (κ3) is 1.56. The number of carbonyl (C=O) groups is 1. The first kappa shape index (κ1) is 9.38. The van der Waals surface area contributed by atoms with Gasteiger partial charge in [-0.1, -0.05) is 12.7 Å². The molecule has 0 unspecified atom stereocenters. The Morgan fingerprint density at radius 3 is 2.62 bits per heavy atom. The fourth-order valence-electron chi connectivity index (χ4n) is 1.17. The number of carboxylic acids is 1. The molecule has 0 saturated heterocycles. The van der Waals surface area contributed by atoms with E-state index in [0.717, 1.165) is 6.07 Å². The van der Waals surface area contributed by atoms with Gasteiger partial charge in [0.1, 0.15) is 5.75 Å². The largest absolute Gasteiger partial charge is 0.870 e. The zero-order valence-electron chi connectivity index (χ0n) is 7.07. The molecule has 1 aromatic rings. The van der Waals surface area contributed by atoms with Crippen molar-refractivity contribution in [2.75, 3.05) is 0 Å². The highest BCUT2D eigenvalue weighted by atomic mass is 16.4. The maximum Gasteiger partial charge on any atom is 0.335 e. The van der Waals surface area contributed by atoms with Gasteiger partial charge in [0, 0.05) is 0 Å². The highest BCUT2D eigenvalue weighted by molar-refractivity contribution is 5.90. The lowest BCUT2D eigenvalue weighted by atomic mass is 10.0. The summed E-state index contributed by atoms with van der Waals surface area (Å²) >= 11 is 0. The average Bonchev–Trinajstić information content (AvgIpc) is 2.09. The van der Waals surface area contributed by atoms with Crippen LogP contribution in [0, 0.1) is 0 Å². The van der Waals surface area contributed by atoms with Crippen LogP contribution in [0.1, 0.15) is 22.8 Å². The second-order valence-electron chi connectivity index (χ2n) is 2.60. The van der Waals surface area contributed by atoms with Crippen molar-refractivity contribution in [1.82, 2.24) is 0 Å². The number of phenols is 1. The van der Waals surface area contributed by atoms with E-state index in [4.69, 9.17) is 10.2 Å². The van der Waals surface area contributed by atoms with Gasteiger partial charge < -0.3 is 15.3 Å². The molecule has 0 radical (unpaired) electrons. The quantitative estimate of drug-likeness (QED) is 0.704. The molecule has 0 heterocycles. The second kappa shape index (κ2) is 3.35. The summed E-state index contributed by atoms with van der Waals surface area (Å²) in [6.45, 7) is 1.67. The molecule has 0 aromatic heterocycles. The van der Waals surface area contributed by atoms with Crippen molar-refractivity contribution < 1.29 is 20.1 Å². The zero-order chi connectivity index (χ0) is 10.0. The number of aromatic carboxylic acids is 1. The molecule has 0 amide bonds. The molecule has 70 valence electrons. The molecule has 0 aliphatic carbocycles. The van der Waals surface area contributed by atoms with E-state index < -0.39 is 17.5 Å². The van der Waals surface area contributed by atoms with Gasteiger partial charge in [-0.25, -0.2) is 4.79 Å². The van der Waals surface area contributed by atoms with E-state index in [1.807, 2.05) is 0 Å². The maximum absolute atomic E-state index is 11.2. The van der Waals surface area contributed by atoms with Crippen LogP contribution >= 0.6 is 0 Å². The number of phenolic OH excluding ortho intramolecular Hbond substituents is 1. The summed E-state index contributed by atoms with van der Waals surface area (Å²) in [5, 5.41) is 28.9. The summed E-state index contributed by atoms with van der Waals surface area (Å²) in [7, 11) is 0. The predicted molar refractivity (Wildman–Crippen MR) is 43.9 cm³/mol. The summed E-state index contributed by atoms with van der Waals surface area (Å²) in [5.74, 6) is -2.14. The van der Waals surface area contributed by atoms with Gasteiger partial charge in [0.25, 0.3) is 0 Å². The third-order valence-corrected chi connectivity index (χ3v) is 1.82. The van der Waals surface area contributed by atoms with Crippen molar-refractivity contribution in [3.8, 4) is 11.5 Å². The summed E-state index contributed by atoms with van der Waals surface area (Å²) in [4.78, 5) is 10.6. The van der Waals surface area contributed by atoms with Gasteiger partial charge >= 0.3 is 5.97 Å². The van der Waals surface area contributed by atoms with Crippen molar-refractivity contribution >= 4 is 5.97 Å². The number of carboxylic acid groups (broad SMARTS) is 1. The summed E-state index contributed by atoms with van der Waals surface area (Å²) in [5.41, 5.74) is 0.109. The van der Waals surface area contributed by atoms with Crippen LogP contribution in [0.4, 0.5) is 0 Å². The van der Waals surface area contributed by atoms with Crippen LogP contribution in [-0.2, 0) is 6.42 Å². The van der Waals surface area contributed by atoms with Crippen molar-refractivity contribution in [2.45, 2.75) is 13.3 Å². The Hall–Kier alpha value is -1.71. The van der Waals surface area contributed by atoms with Gasteiger partial charge in [-0.05, 0) is 24.1 Å². The van der Waals surface area contributed by atoms with Crippen LogP contribution in [0.5, 0.6) is 11.5 Å². The van der Waals surface area contributed by atoms with Gasteiger partial charge in [-0.3, -0.25) is 0 Å². The standard InChI is InChI=1S/C9H10O4/c1-2-5-6(9(12)13)3-4-7(10)8(5)11/h3-4,10-11H,2H2,1H3,(H,12,13)/p-1. The SMILES string of the molecule is CCc1c(C(=O)O)ccc(O)c1[O-]. The van der Waals surface area contributed by atoms with Crippen LogP contribution < -0.4 is 5.11 Å². The molecular formula is C9H9O4-. The van der Waals surface area contributed by atoms with Crippen LogP contribution in [0.25, 0.3) is 0 Å². The van der Waals surface area contributed by atoms with E-state index in [-0.39, 0.29) is 11.1 Å². The Balaban J connectivity index is 3.38. The number of rotatable bonds is 2. The predicted octanol–water partition coefficient (Wildman–Crippen LogP) is 0.726. The van der Waals surface area contributed by atoms with Gasteiger partial charge in [-0.15, -0.1) is 0 Å². The highest BCUT2D eigenvalue weighted by Crippen LogP contribution is 2.28. The lowest BCUT2D eigenvalue weighted by molar-refractivity contribution is -0.271. The van der Waals surface area contributed by atoms with Gasteiger partial charge in [-0.2, -0.15) is 0 Å². The number of hydrogen-bond acceptors (Lipinski definition) is 3. The summed E-state index contributed by atoms with van der Waals surface area (Å²) < 4.78 is 0. The Labute approximate surface area is 75.1 Å². The van der Waals surface area contributed by atoms with Crippen molar-refractivity contribution in [3.05, 3.63) is 23.3 Å². The van der Waals surface area contributed by atoms with E-state index in [2.05, 4.69) is 0 Å². The van der Waals surface area contributed by atoms with E-state index >= 15 is 0 Å². The molecule has 0 spiro atoms. The summed E-state index contributed by atoms with van der Waals surface area (Å²) in [6, 6.07) is 2.34. The lowest BCUT2D eigenvalue weighted by Gasteiger charge is -2.16. The van der Waals surface area contributed by atoms with Crippen molar-refractivity contribution in [2.24, 2.45) is 0 Å². The molecule has 4 nitrogen and oxygen atoms in total. The molecule has 2 N–H and O–H groups in total. The molecule has 0 aliphatic heterocycles. The van der Waals surface area contributed by atoms with Crippen LogP contribution in [0.2, 0.25) is 0 Å². The monoisotopic (exact) mass is 181 g/mol. The molecular weight excluding hydrogens is 172 g/mol. The zero-order valence-corrected chi connectivity index (χ0v) is 7.07. The maximum atomic E-state index is 11.2. The van der Waals surface area contributed by atoms with Gasteiger partial charge in [0.2, 0.25) is 0 Å². The first-order valence-corrected chi connectivity index (χ1v) is 3.83. The molecule has 0 saturated carbocycles. The van der Waals surface area contributed by atoms with E-state index in [0.29, 0.717) is 6.42 Å². The fraction of sp³-hybridized carbons (Fsp3) is 0.222. The van der Waals surface area contributed by atoms with E-state index in [9.17, 15) is 9.90 Å². The molecule has 0 atom stereocenters. The Bertz CT molecular complexity index is 344. The Morgan fingerprint density at radius 1 is 1.54 bits per heavy atom. The molecule has 1 aromatic carbocycles. The number of aromatic hydroxyl groups is 1. The normalized spacial score (nSPS) is 9.92. The molecule has 0 bridgehead atoms. The molecule has 4 heteroatoms. The lowest BCUT2D eigenvalue weighted by Crippen LogP contribution is -2.06. The number of hydrogen-bond donors (Lipinski definition) is 2. The van der Waals surface area contributed by atoms with Crippen molar-refractivity contribution in [3.63, 3.8) is 0 Å². The second-order valence-corrected chi connectivity index (χ2v) is 2.60. The third-order valence-electron chi connectivity index (χ3n) is 1.82. The minimum absolute atomic E-state index is 0.0368. The highest BCUT2D eigenvalue weighted by Gasteiger charge is 2.10. The van der Waals surface area contributed by atoms with E-state index in [1.165, 1.54) is 6.07 Å². The first-order chi connectivity index (χ1) is 6.07. The average molecular weight is 181 g/mol. The van der Waals surface area contributed by atoms with Crippen LogP contribution in [-0.4, -0.2) is 16.2 Å². The Kier molecular flexibility index (Phi) is 2.41. The van der Waals surface area contributed by atoms with Gasteiger partial charge in [0.15, 0.2) is 0 Å².